The second-order valence-corrected chi connectivity index (χ2v) is 7.92. The van der Waals surface area contributed by atoms with Crippen LogP contribution in [-0.2, 0) is 9.59 Å². The number of carbonyl (C=O) groups excluding carboxylic acids is 2. The Kier molecular flexibility index (Phi) is 4.95. The van der Waals surface area contributed by atoms with Crippen LogP contribution in [0.3, 0.4) is 0 Å². The minimum atomic E-state index is -0.397. The SMILES string of the molecule is CC1CCCCC1CN1CCC(=O)NC(C(C)(C)C)C1=O. The van der Waals surface area contributed by atoms with Gasteiger partial charge in [-0.1, -0.05) is 47.0 Å². The topological polar surface area (TPSA) is 49.4 Å². The summed E-state index contributed by atoms with van der Waals surface area (Å²) in [5, 5.41) is 2.92. The van der Waals surface area contributed by atoms with Gasteiger partial charge in [0, 0.05) is 19.5 Å². The van der Waals surface area contributed by atoms with E-state index in [1.807, 2.05) is 25.7 Å². The molecule has 0 radical (unpaired) electrons. The van der Waals surface area contributed by atoms with Crippen molar-refractivity contribution in [1.29, 1.82) is 0 Å². The molecule has 2 rings (SSSR count). The standard InChI is InChI=1S/C17H30N2O2/c1-12-7-5-6-8-13(12)11-19-10-9-14(20)18-15(16(19)21)17(2,3)4/h12-13,15H,5-11H2,1-4H3,(H,18,20). The zero-order valence-electron chi connectivity index (χ0n) is 13.9. The summed E-state index contributed by atoms with van der Waals surface area (Å²) in [5.41, 5.74) is -0.243. The van der Waals surface area contributed by atoms with E-state index in [0.29, 0.717) is 24.8 Å². The Balaban J connectivity index is 2.10. The first-order valence-corrected chi connectivity index (χ1v) is 8.37. The van der Waals surface area contributed by atoms with Crippen LogP contribution in [0.2, 0.25) is 0 Å². The van der Waals surface area contributed by atoms with Crippen molar-refractivity contribution >= 4 is 11.8 Å². The molecular formula is C17H30N2O2. The molecule has 2 aliphatic rings. The molecular weight excluding hydrogens is 264 g/mol. The van der Waals surface area contributed by atoms with Gasteiger partial charge in [-0.05, 0) is 23.7 Å². The van der Waals surface area contributed by atoms with Crippen LogP contribution in [0.1, 0.15) is 59.8 Å². The van der Waals surface area contributed by atoms with Crippen molar-refractivity contribution in [2.45, 2.75) is 65.8 Å². The molecule has 4 nitrogen and oxygen atoms in total. The highest BCUT2D eigenvalue weighted by atomic mass is 16.2. The van der Waals surface area contributed by atoms with Crippen molar-refractivity contribution in [1.82, 2.24) is 10.2 Å². The predicted molar refractivity (Wildman–Crippen MR) is 83.7 cm³/mol. The van der Waals surface area contributed by atoms with Crippen LogP contribution in [0.5, 0.6) is 0 Å². The first-order valence-electron chi connectivity index (χ1n) is 8.37. The molecule has 3 unspecified atom stereocenters. The van der Waals surface area contributed by atoms with Crippen molar-refractivity contribution in [3.05, 3.63) is 0 Å². The third-order valence-electron chi connectivity index (χ3n) is 5.08. The molecule has 1 saturated carbocycles. The summed E-state index contributed by atoms with van der Waals surface area (Å²) in [7, 11) is 0. The number of amides is 2. The third-order valence-corrected chi connectivity index (χ3v) is 5.08. The zero-order valence-corrected chi connectivity index (χ0v) is 13.9. The number of hydrogen-bond donors (Lipinski definition) is 1. The first-order chi connectivity index (χ1) is 9.79. The molecule has 0 aromatic rings. The fourth-order valence-electron chi connectivity index (χ4n) is 3.54. The van der Waals surface area contributed by atoms with E-state index in [9.17, 15) is 9.59 Å². The Bertz CT molecular complexity index is 400. The molecule has 0 aromatic heterocycles. The minimum Gasteiger partial charge on any atom is -0.344 e. The molecule has 1 saturated heterocycles. The maximum absolute atomic E-state index is 12.8. The van der Waals surface area contributed by atoms with Crippen LogP contribution in [-0.4, -0.2) is 35.8 Å². The third kappa shape index (κ3) is 3.98. The molecule has 0 bridgehead atoms. The van der Waals surface area contributed by atoms with Crippen molar-refractivity contribution in [3.8, 4) is 0 Å². The summed E-state index contributed by atoms with van der Waals surface area (Å²) in [5.74, 6) is 1.39. The monoisotopic (exact) mass is 294 g/mol. The van der Waals surface area contributed by atoms with Crippen molar-refractivity contribution in [2.24, 2.45) is 17.3 Å². The lowest BCUT2D eigenvalue weighted by Gasteiger charge is -2.36. The molecule has 1 aliphatic heterocycles. The predicted octanol–water partition coefficient (Wildman–Crippen LogP) is 2.58. The Labute approximate surface area is 128 Å². The van der Waals surface area contributed by atoms with Gasteiger partial charge in [-0.2, -0.15) is 0 Å². The quantitative estimate of drug-likeness (QED) is 0.851. The van der Waals surface area contributed by atoms with Gasteiger partial charge in [-0.3, -0.25) is 9.59 Å². The highest BCUT2D eigenvalue weighted by Crippen LogP contribution is 2.31. The molecule has 1 N–H and O–H groups in total. The minimum absolute atomic E-state index is 0.00228. The first kappa shape index (κ1) is 16.3. The maximum Gasteiger partial charge on any atom is 0.245 e. The summed E-state index contributed by atoms with van der Waals surface area (Å²) in [6.45, 7) is 9.74. The summed E-state index contributed by atoms with van der Waals surface area (Å²) >= 11 is 0. The van der Waals surface area contributed by atoms with Crippen molar-refractivity contribution < 1.29 is 9.59 Å². The molecule has 1 aliphatic carbocycles. The lowest BCUT2D eigenvalue weighted by molar-refractivity contribution is -0.137. The van der Waals surface area contributed by atoms with E-state index in [4.69, 9.17) is 0 Å². The Morgan fingerprint density at radius 3 is 2.48 bits per heavy atom. The molecule has 2 amide bonds. The van der Waals surface area contributed by atoms with Gasteiger partial charge >= 0.3 is 0 Å². The number of rotatable bonds is 2. The highest BCUT2D eigenvalue weighted by molar-refractivity contribution is 5.90. The molecule has 2 fully saturated rings. The molecule has 21 heavy (non-hydrogen) atoms. The average molecular weight is 294 g/mol. The van der Waals surface area contributed by atoms with Crippen LogP contribution in [0.15, 0.2) is 0 Å². The van der Waals surface area contributed by atoms with Gasteiger partial charge in [0.1, 0.15) is 6.04 Å². The maximum atomic E-state index is 12.8. The lowest BCUT2D eigenvalue weighted by Crippen LogP contribution is -2.52. The van der Waals surface area contributed by atoms with Gasteiger partial charge in [0.25, 0.3) is 0 Å². The summed E-state index contributed by atoms with van der Waals surface area (Å²) in [6, 6.07) is -0.397. The van der Waals surface area contributed by atoms with Gasteiger partial charge in [0.05, 0.1) is 0 Å². The van der Waals surface area contributed by atoms with E-state index < -0.39 is 6.04 Å². The Hall–Kier alpha value is -1.06. The van der Waals surface area contributed by atoms with Gasteiger partial charge in [-0.15, -0.1) is 0 Å². The van der Waals surface area contributed by atoms with Gasteiger partial charge < -0.3 is 10.2 Å². The Morgan fingerprint density at radius 1 is 1.19 bits per heavy atom. The smallest absolute Gasteiger partial charge is 0.245 e. The molecule has 0 aromatic carbocycles. The van der Waals surface area contributed by atoms with Crippen molar-refractivity contribution in [2.75, 3.05) is 13.1 Å². The lowest BCUT2D eigenvalue weighted by atomic mass is 9.80. The fraction of sp³-hybridized carbons (Fsp3) is 0.882. The van der Waals surface area contributed by atoms with Crippen LogP contribution in [0.25, 0.3) is 0 Å². The van der Waals surface area contributed by atoms with E-state index in [1.54, 1.807) is 0 Å². The molecule has 120 valence electrons. The Morgan fingerprint density at radius 2 is 1.86 bits per heavy atom. The molecule has 0 spiro atoms. The number of nitrogens with one attached hydrogen (secondary N) is 1. The van der Waals surface area contributed by atoms with E-state index in [0.717, 1.165) is 6.54 Å². The molecule has 1 heterocycles. The van der Waals surface area contributed by atoms with Gasteiger partial charge in [0.2, 0.25) is 11.8 Å². The van der Waals surface area contributed by atoms with E-state index >= 15 is 0 Å². The van der Waals surface area contributed by atoms with Crippen LogP contribution in [0.4, 0.5) is 0 Å². The fourth-order valence-corrected chi connectivity index (χ4v) is 3.54. The summed E-state index contributed by atoms with van der Waals surface area (Å²) < 4.78 is 0. The number of hydrogen-bond acceptors (Lipinski definition) is 2. The van der Waals surface area contributed by atoms with E-state index in [1.165, 1.54) is 25.7 Å². The number of nitrogens with zero attached hydrogens (tertiary/aromatic N) is 1. The van der Waals surface area contributed by atoms with E-state index in [2.05, 4.69) is 12.2 Å². The second-order valence-electron chi connectivity index (χ2n) is 7.92. The zero-order chi connectivity index (χ0) is 15.6. The largest absolute Gasteiger partial charge is 0.344 e. The van der Waals surface area contributed by atoms with Gasteiger partial charge in [0.15, 0.2) is 0 Å². The second kappa shape index (κ2) is 6.37. The van der Waals surface area contributed by atoms with Crippen LogP contribution in [0, 0.1) is 17.3 Å². The number of carbonyl (C=O) groups is 2. The highest BCUT2D eigenvalue weighted by Gasteiger charge is 2.38. The van der Waals surface area contributed by atoms with Crippen LogP contribution >= 0.6 is 0 Å². The average Bonchev–Trinajstić information content (AvgIpc) is 2.53. The van der Waals surface area contributed by atoms with E-state index in [-0.39, 0.29) is 17.2 Å². The molecule has 3 atom stereocenters. The normalized spacial score (nSPS) is 31.8. The summed E-state index contributed by atoms with van der Waals surface area (Å²) in [6.07, 6.45) is 5.51. The molecule has 4 heteroatoms. The van der Waals surface area contributed by atoms with Gasteiger partial charge in [-0.25, -0.2) is 0 Å². The van der Waals surface area contributed by atoms with Crippen molar-refractivity contribution in [3.63, 3.8) is 0 Å². The van der Waals surface area contributed by atoms with Crippen LogP contribution < -0.4 is 5.32 Å². The summed E-state index contributed by atoms with van der Waals surface area (Å²) in [4.78, 5) is 26.7.